The molecule has 1 saturated heterocycles. The highest BCUT2D eigenvalue weighted by atomic mass is 28.4. The first-order valence-corrected chi connectivity index (χ1v) is 26.5. The molecular weight excluding hydrogens is 903 g/mol. The van der Waals surface area contributed by atoms with Gasteiger partial charge in [-0.25, -0.2) is 9.59 Å². The summed E-state index contributed by atoms with van der Waals surface area (Å²) in [7, 11) is -2.92. The lowest BCUT2D eigenvalue weighted by atomic mass is 9.44. The summed E-state index contributed by atoms with van der Waals surface area (Å²) in [6.45, 7) is 18.6. The van der Waals surface area contributed by atoms with Crippen molar-refractivity contribution >= 4 is 38.1 Å². The Morgan fingerprint density at radius 2 is 1.38 bits per heavy atom. The van der Waals surface area contributed by atoms with Crippen LogP contribution in [0.15, 0.2) is 102 Å². The van der Waals surface area contributed by atoms with E-state index in [4.69, 9.17) is 28.1 Å². The molecule has 15 nitrogen and oxygen atoms in total. The maximum absolute atomic E-state index is 15.5. The first-order valence-electron chi connectivity index (χ1n) is 23.5. The Morgan fingerprint density at radius 1 is 0.812 bits per heavy atom. The summed E-state index contributed by atoms with van der Waals surface area (Å²) in [6, 6.07) is 24.4. The van der Waals surface area contributed by atoms with Crippen molar-refractivity contribution in [3.05, 3.63) is 119 Å². The van der Waals surface area contributed by atoms with Crippen LogP contribution in [-0.4, -0.2) is 114 Å². The average Bonchev–Trinajstić information content (AvgIpc) is 3.28. The molecule has 3 aromatic carbocycles. The SMILES string of the molecule is CC(=O)O[C@H]1C2=C(C)[C@@H](OC(=O)[C@H](O[Si](C)(C)C(C)(C)C)[C@@H](NC(=O)c3ccccc3)c3ccccc3)C[C@@](O)([C@@H](OC(=O)c3ccccc3)[C@@H]3[C@]4(OC(C)=O)CO[C@@H]4C[C@H](O)[C@@]3(C)[C@H]1O)C2(C)C. The zero-order valence-corrected chi connectivity index (χ0v) is 42.3. The highest BCUT2D eigenvalue weighted by Crippen LogP contribution is 2.65. The molecule has 3 aliphatic carbocycles. The van der Waals surface area contributed by atoms with Gasteiger partial charge in [0.25, 0.3) is 5.91 Å². The number of amides is 1. The fourth-order valence-electron chi connectivity index (χ4n) is 11.0. The molecule has 12 atom stereocenters. The third-order valence-corrected chi connectivity index (χ3v) is 20.4. The van der Waals surface area contributed by atoms with Gasteiger partial charge in [0.1, 0.15) is 30.0 Å². The smallest absolute Gasteiger partial charge is 0.338 e. The predicted molar refractivity (Wildman–Crippen MR) is 255 cm³/mol. The molecule has 3 fully saturated rings. The summed E-state index contributed by atoms with van der Waals surface area (Å²) in [5.41, 5.74) is -6.03. The van der Waals surface area contributed by atoms with Gasteiger partial charge in [-0.2, -0.15) is 0 Å². The minimum absolute atomic E-state index is 0.112. The molecule has 7 rings (SSSR count). The number of carbonyl (C=O) groups excluding carboxylic acids is 5. The topological polar surface area (TPSA) is 213 Å². The van der Waals surface area contributed by atoms with Gasteiger partial charge in [0.15, 0.2) is 26.1 Å². The van der Waals surface area contributed by atoms with Gasteiger partial charge in [-0.3, -0.25) is 14.4 Å². The Balaban J connectivity index is 1.44. The second-order valence-electron chi connectivity index (χ2n) is 21.4. The summed E-state index contributed by atoms with van der Waals surface area (Å²) in [6.07, 6.45) is -11.1. The van der Waals surface area contributed by atoms with Crippen LogP contribution in [0.5, 0.6) is 0 Å². The summed E-state index contributed by atoms with van der Waals surface area (Å²) in [5, 5.41) is 42.0. The van der Waals surface area contributed by atoms with E-state index in [0.29, 0.717) is 16.7 Å². The highest BCUT2D eigenvalue weighted by molar-refractivity contribution is 6.74. The van der Waals surface area contributed by atoms with E-state index >= 15 is 4.79 Å². The zero-order valence-electron chi connectivity index (χ0n) is 41.3. The zero-order chi connectivity index (χ0) is 50.6. The molecule has 0 aromatic heterocycles. The minimum atomic E-state index is -2.92. The standard InChI is InChI=1S/C53H67NO14Si/c1-30-36(65-48(61)42(68-69(10,11)49(4,5)6)40(33-21-15-12-16-22-33)54-46(59)34-23-17-13-18-24-34)28-53(62)45(66-47(60)35-25-19-14-20-26-35)43-51(9,37(57)27-38-52(43,29-63-38)67-32(3)56)44(58)41(64-31(2)55)39(30)50(53,7)8/h12-26,36-38,40-45,57-58,62H,27-29H2,1-11H3,(H,54,59)/t36-,37-,38+,40-,41-,42+,43-,44-,45-,51+,52-,53+/m0/s1. The molecule has 69 heavy (non-hydrogen) atoms. The second-order valence-corrected chi connectivity index (χ2v) is 26.2. The predicted octanol–water partition coefficient (Wildman–Crippen LogP) is 6.56. The number of fused-ring (bicyclic) bond motifs is 5. The second kappa shape index (κ2) is 18.8. The average molecular weight is 970 g/mol. The fourth-order valence-corrected chi connectivity index (χ4v) is 12.2. The number of hydrogen-bond donors (Lipinski definition) is 4. The Kier molecular flexibility index (Phi) is 14.1. The Labute approximate surface area is 405 Å². The van der Waals surface area contributed by atoms with Crippen molar-refractivity contribution in [1.29, 1.82) is 0 Å². The Hall–Kier alpha value is -5.23. The van der Waals surface area contributed by atoms with Gasteiger partial charge in [0, 0.05) is 43.1 Å². The van der Waals surface area contributed by atoms with Crippen molar-refractivity contribution in [2.24, 2.45) is 16.7 Å². The van der Waals surface area contributed by atoms with Gasteiger partial charge >= 0.3 is 23.9 Å². The largest absolute Gasteiger partial charge is 0.456 e. The van der Waals surface area contributed by atoms with Crippen LogP contribution in [0.4, 0.5) is 0 Å². The van der Waals surface area contributed by atoms with Crippen molar-refractivity contribution in [2.45, 2.75) is 153 Å². The van der Waals surface area contributed by atoms with Crippen LogP contribution in [0.3, 0.4) is 0 Å². The van der Waals surface area contributed by atoms with Gasteiger partial charge in [-0.15, -0.1) is 0 Å². The Bertz CT molecular complexity index is 2460. The van der Waals surface area contributed by atoms with E-state index in [2.05, 4.69) is 5.32 Å². The maximum Gasteiger partial charge on any atom is 0.338 e. The molecule has 2 saturated carbocycles. The van der Waals surface area contributed by atoms with Crippen LogP contribution in [-0.2, 0) is 42.5 Å². The van der Waals surface area contributed by atoms with Crippen LogP contribution in [0.25, 0.3) is 0 Å². The van der Waals surface area contributed by atoms with E-state index in [0.717, 1.165) is 6.92 Å². The summed E-state index contributed by atoms with van der Waals surface area (Å²) >= 11 is 0. The number of rotatable bonds is 12. The van der Waals surface area contributed by atoms with Crippen LogP contribution in [0.2, 0.25) is 18.1 Å². The van der Waals surface area contributed by atoms with Gasteiger partial charge in [-0.05, 0) is 66.0 Å². The third kappa shape index (κ3) is 9.08. The van der Waals surface area contributed by atoms with Crippen molar-refractivity contribution in [3.8, 4) is 0 Å². The van der Waals surface area contributed by atoms with Crippen molar-refractivity contribution in [1.82, 2.24) is 5.32 Å². The molecule has 1 amide bonds. The van der Waals surface area contributed by atoms with Crippen molar-refractivity contribution < 1.29 is 67.4 Å². The summed E-state index contributed by atoms with van der Waals surface area (Å²) < 4.78 is 38.5. The van der Waals surface area contributed by atoms with Crippen LogP contribution < -0.4 is 5.32 Å². The minimum Gasteiger partial charge on any atom is -0.456 e. The van der Waals surface area contributed by atoms with Crippen LogP contribution >= 0.6 is 0 Å². The summed E-state index contributed by atoms with van der Waals surface area (Å²) in [5.74, 6) is -5.25. The van der Waals surface area contributed by atoms with Crippen LogP contribution in [0, 0.1) is 16.7 Å². The van der Waals surface area contributed by atoms with Crippen LogP contribution in [0.1, 0.15) is 107 Å². The lowest BCUT2D eigenvalue weighted by molar-refractivity contribution is -0.365. The number of esters is 4. The number of hydrogen-bond acceptors (Lipinski definition) is 14. The number of carbonyl (C=O) groups is 5. The van der Waals surface area contributed by atoms with E-state index in [1.54, 1.807) is 99.6 Å². The van der Waals surface area contributed by atoms with E-state index in [1.807, 2.05) is 33.9 Å². The van der Waals surface area contributed by atoms with E-state index in [1.165, 1.54) is 26.0 Å². The maximum atomic E-state index is 15.5. The molecule has 1 heterocycles. The molecule has 16 heteroatoms. The van der Waals surface area contributed by atoms with Crippen molar-refractivity contribution in [2.75, 3.05) is 6.61 Å². The van der Waals surface area contributed by atoms with Gasteiger partial charge in [0.2, 0.25) is 0 Å². The molecule has 4 N–H and O–H groups in total. The first-order chi connectivity index (χ1) is 32.2. The molecule has 4 aliphatic rings. The fraction of sp³-hybridized carbons (Fsp3) is 0.528. The normalized spacial score (nSPS) is 31.4. The highest BCUT2D eigenvalue weighted by Gasteiger charge is 2.78. The lowest BCUT2D eigenvalue weighted by Crippen LogP contribution is -2.82. The number of aliphatic hydroxyl groups excluding tert-OH is 2. The van der Waals surface area contributed by atoms with Crippen molar-refractivity contribution in [3.63, 3.8) is 0 Å². The molecule has 0 spiro atoms. The first kappa shape index (κ1) is 51.6. The molecular formula is C53H67NO14Si. The third-order valence-electron chi connectivity index (χ3n) is 15.9. The Morgan fingerprint density at radius 3 is 1.90 bits per heavy atom. The molecule has 372 valence electrons. The summed E-state index contributed by atoms with van der Waals surface area (Å²) in [4.78, 5) is 70.5. The number of aliphatic hydroxyl groups is 3. The number of ether oxygens (including phenoxy) is 5. The van der Waals surface area contributed by atoms with Gasteiger partial charge < -0.3 is 48.7 Å². The lowest BCUT2D eigenvalue weighted by Gasteiger charge is -2.69. The molecule has 1 aliphatic heterocycles. The molecule has 0 unspecified atom stereocenters. The number of benzene rings is 3. The van der Waals surface area contributed by atoms with E-state index in [9.17, 15) is 34.5 Å². The quantitative estimate of drug-likeness (QED) is 0.0656. The molecule has 2 bridgehead atoms. The van der Waals surface area contributed by atoms with Gasteiger partial charge in [0.05, 0.1) is 30.2 Å². The van der Waals surface area contributed by atoms with E-state index < -0.39 is 126 Å². The molecule has 3 aromatic rings. The van der Waals surface area contributed by atoms with Gasteiger partial charge in [-0.1, -0.05) is 108 Å². The van der Waals surface area contributed by atoms with E-state index in [-0.39, 0.29) is 24.2 Å². The number of nitrogens with one attached hydrogen (secondary N) is 1. The monoisotopic (exact) mass is 969 g/mol. The molecule has 0 radical (unpaired) electrons.